The number of carbonyl (C=O) groups is 2. The zero-order valence-corrected chi connectivity index (χ0v) is 21.1. The van der Waals surface area contributed by atoms with E-state index >= 15 is 0 Å². The second-order valence-corrected chi connectivity index (χ2v) is 11.0. The third kappa shape index (κ3) is 5.18. The number of likely N-dealkylation sites (tertiary alicyclic amines) is 1. The van der Waals surface area contributed by atoms with Crippen LogP contribution < -0.4 is 11.1 Å². The van der Waals surface area contributed by atoms with Crippen LogP contribution in [0.25, 0.3) is 0 Å². The van der Waals surface area contributed by atoms with Gasteiger partial charge >= 0.3 is 12.2 Å². The quantitative estimate of drug-likeness (QED) is 0.631. The number of ether oxygens (including phenoxy) is 2. The summed E-state index contributed by atoms with van der Waals surface area (Å²) < 4.78 is 51.0. The molecule has 0 bridgehead atoms. The summed E-state index contributed by atoms with van der Waals surface area (Å²) in [5.74, 6) is -0.541. The summed E-state index contributed by atoms with van der Waals surface area (Å²) in [6.07, 6.45) is -0.768. The van der Waals surface area contributed by atoms with E-state index in [-0.39, 0.29) is 37.2 Å². The molecule has 8 nitrogen and oxygen atoms in total. The average Bonchev–Trinajstić information content (AvgIpc) is 3.46. The first-order valence-corrected chi connectivity index (χ1v) is 13.0. The number of fused-ring (bicyclic) bond motifs is 1. The van der Waals surface area contributed by atoms with Gasteiger partial charge in [-0.3, -0.25) is 4.79 Å². The van der Waals surface area contributed by atoms with Crippen LogP contribution >= 0.6 is 0 Å². The van der Waals surface area contributed by atoms with Crippen molar-refractivity contribution in [1.29, 1.82) is 0 Å². The van der Waals surface area contributed by atoms with E-state index in [2.05, 4.69) is 5.32 Å². The van der Waals surface area contributed by atoms with Gasteiger partial charge in [-0.2, -0.15) is 13.2 Å². The molecule has 3 amide bonds. The number of primary amides is 1. The highest BCUT2D eigenvalue weighted by Crippen LogP contribution is 2.50. The van der Waals surface area contributed by atoms with Crippen molar-refractivity contribution >= 4 is 11.9 Å². The zero-order valence-electron chi connectivity index (χ0n) is 21.1. The average molecular weight is 525 g/mol. The van der Waals surface area contributed by atoms with Gasteiger partial charge in [0.2, 0.25) is 5.91 Å². The molecule has 11 heteroatoms. The number of benzene rings is 1. The molecule has 1 spiro atoms. The number of halogens is 3. The minimum atomic E-state index is -4.43. The molecular formula is C26H35F3N4O4. The molecule has 37 heavy (non-hydrogen) atoms. The maximum absolute atomic E-state index is 13.9. The molecule has 0 aromatic heterocycles. The predicted molar refractivity (Wildman–Crippen MR) is 128 cm³/mol. The molecule has 1 aliphatic carbocycles. The number of methoxy groups -OCH3 is 1. The van der Waals surface area contributed by atoms with Gasteiger partial charge in [0.25, 0.3) is 0 Å². The van der Waals surface area contributed by atoms with Crippen molar-refractivity contribution in [2.45, 2.75) is 63.0 Å². The first kappa shape index (κ1) is 26.2. The van der Waals surface area contributed by atoms with E-state index in [1.807, 2.05) is 0 Å². The maximum Gasteiger partial charge on any atom is 0.416 e. The lowest BCUT2D eigenvalue weighted by Crippen LogP contribution is -2.51. The highest BCUT2D eigenvalue weighted by atomic mass is 19.4. The second kappa shape index (κ2) is 10.1. The van der Waals surface area contributed by atoms with Crippen LogP contribution in [0.3, 0.4) is 0 Å². The van der Waals surface area contributed by atoms with Crippen LogP contribution in [0.4, 0.5) is 18.0 Å². The SMILES string of the molecule is COC1COCCC1NC1CCC2(C1)CN(C(N)=O)CC2C(=O)N1CCc2ccc(C(F)(F)F)cc2C1. The number of nitrogens with two attached hydrogens (primary N) is 1. The van der Waals surface area contributed by atoms with E-state index in [0.717, 1.165) is 43.4 Å². The molecule has 5 unspecified atom stereocenters. The Morgan fingerprint density at radius 2 is 2.03 bits per heavy atom. The monoisotopic (exact) mass is 524 g/mol. The number of amides is 3. The fourth-order valence-corrected chi connectivity index (χ4v) is 6.82. The zero-order chi connectivity index (χ0) is 26.4. The highest BCUT2D eigenvalue weighted by molar-refractivity contribution is 5.83. The summed E-state index contributed by atoms with van der Waals surface area (Å²) >= 11 is 0. The smallest absolute Gasteiger partial charge is 0.379 e. The van der Waals surface area contributed by atoms with Gasteiger partial charge < -0.3 is 30.3 Å². The Bertz CT molecular complexity index is 1040. The summed E-state index contributed by atoms with van der Waals surface area (Å²) in [7, 11) is 1.68. The fourth-order valence-electron chi connectivity index (χ4n) is 6.82. The Labute approximate surface area is 214 Å². The van der Waals surface area contributed by atoms with Crippen LogP contribution in [0.2, 0.25) is 0 Å². The standard InChI is InChI=1S/C26H35F3N4O4/c1-36-22-14-37-9-6-21(22)31-19-4-7-25(11-19)15-33(24(30)35)13-20(25)23(34)32-8-5-16-2-3-18(26(27,28)29)10-17(16)12-32/h2-3,10,19-22,31H,4-9,11-15H2,1H3,(H2,30,35). The van der Waals surface area contributed by atoms with Crippen molar-refractivity contribution in [1.82, 2.24) is 15.1 Å². The topological polar surface area (TPSA) is 97.1 Å². The van der Waals surface area contributed by atoms with Crippen molar-refractivity contribution in [2.24, 2.45) is 17.1 Å². The van der Waals surface area contributed by atoms with E-state index in [9.17, 15) is 22.8 Å². The van der Waals surface area contributed by atoms with Crippen molar-refractivity contribution in [2.75, 3.05) is 40.0 Å². The third-order valence-electron chi connectivity index (χ3n) is 8.82. The van der Waals surface area contributed by atoms with E-state index < -0.39 is 29.1 Å². The lowest BCUT2D eigenvalue weighted by atomic mass is 9.75. The van der Waals surface area contributed by atoms with Crippen LogP contribution in [0.5, 0.6) is 0 Å². The van der Waals surface area contributed by atoms with Crippen molar-refractivity contribution in [3.05, 3.63) is 34.9 Å². The van der Waals surface area contributed by atoms with E-state index in [1.54, 1.807) is 16.9 Å². The summed E-state index contributed by atoms with van der Waals surface area (Å²) in [4.78, 5) is 29.2. The Hall–Kier alpha value is -2.37. The van der Waals surface area contributed by atoms with Gasteiger partial charge in [-0.1, -0.05) is 6.07 Å². The predicted octanol–water partition coefficient (Wildman–Crippen LogP) is 2.53. The summed E-state index contributed by atoms with van der Waals surface area (Å²) in [5, 5.41) is 3.72. The minimum Gasteiger partial charge on any atom is -0.379 e. The highest BCUT2D eigenvalue weighted by Gasteiger charge is 2.55. The lowest BCUT2D eigenvalue weighted by Gasteiger charge is -2.37. The second-order valence-electron chi connectivity index (χ2n) is 11.0. The molecule has 1 aromatic rings. The minimum absolute atomic E-state index is 0.0385. The number of nitrogens with one attached hydrogen (secondary N) is 1. The van der Waals surface area contributed by atoms with Crippen LogP contribution in [0.1, 0.15) is 42.4 Å². The summed E-state index contributed by atoms with van der Waals surface area (Å²) in [6, 6.07) is 3.55. The van der Waals surface area contributed by atoms with Crippen molar-refractivity contribution < 1.29 is 32.2 Å². The molecule has 3 fully saturated rings. The molecule has 2 saturated heterocycles. The first-order valence-electron chi connectivity index (χ1n) is 13.0. The first-order chi connectivity index (χ1) is 17.6. The lowest BCUT2D eigenvalue weighted by molar-refractivity contribution is -0.139. The molecule has 4 aliphatic rings. The maximum atomic E-state index is 13.9. The van der Waals surface area contributed by atoms with Crippen LogP contribution in [0.15, 0.2) is 18.2 Å². The van der Waals surface area contributed by atoms with Crippen LogP contribution in [-0.4, -0.2) is 79.9 Å². The normalized spacial score (nSPS) is 32.1. The Morgan fingerprint density at radius 3 is 2.76 bits per heavy atom. The Kier molecular flexibility index (Phi) is 7.14. The molecule has 5 rings (SSSR count). The van der Waals surface area contributed by atoms with Crippen molar-refractivity contribution in [3.8, 4) is 0 Å². The van der Waals surface area contributed by atoms with Gasteiger partial charge in [-0.15, -0.1) is 0 Å². The Morgan fingerprint density at radius 1 is 1.22 bits per heavy atom. The number of hydrogen-bond acceptors (Lipinski definition) is 5. The van der Waals surface area contributed by atoms with Gasteiger partial charge in [-0.25, -0.2) is 4.79 Å². The summed E-state index contributed by atoms with van der Waals surface area (Å²) in [5.41, 5.74) is 5.90. The molecule has 204 valence electrons. The van der Waals surface area contributed by atoms with Gasteiger partial charge in [0.1, 0.15) is 0 Å². The number of carbonyl (C=O) groups excluding carboxylic acids is 2. The molecule has 5 atom stereocenters. The molecule has 1 aromatic carbocycles. The van der Waals surface area contributed by atoms with Crippen LogP contribution in [-0.2, 0) is 33.4 Å². The summed E-state index contributed by atoms with van der Waals surface area (Å²) in [6.45, 7) is 2.44. The molecule has 3 heterocycles. The van der Waals surface area contributed by atoms with E-state index in [4.69, 9.17) is 15.2 Å². The molecule has 3 N–H and O–H groups in total. The van der Waals surface area contributed by atoms with Gasteiger partial charge in [-0.05, 0) is 55.4 Å². The third-order valence-corrected chi connectivity index (χ3v) is 8.82. The largest absolute Gasteiger partial charge is 0.416 e. The fraction of sp³-hybridized carbons (Fsp3) is 0.692. The Balaban J connectivity index is 1.32. The van der Waals surface area contributed by atoms with Gasteiger partial charge in [0, 0.05) is 57.4 Å². The van der Waals surface area contributed by atoms with Gasteiger partial charge in [0.05, 0.1) is 24.2 Å². The molecule has 1 saturated carbocycles. The van der Waals surface area contributed by atoms with Crippen molar-refractivity contribution in [3.63, 3.8) is 0 Å². The molecular weight excluding hydrogens is 489 g/mol. The molecule has 0 radical (unpaired) electrons. The number of alkyl halides is 3. The van der Waals surface area contributed by atoms with E-state index in [1.165, 1.54) is 6.07 Å². The number of rotatable bonds is 4. The molecule has 3 aliphatic heterocycles. The number of nitrogens with zero attached hydrogens (tertiary/aromatic N) is 2. The number of urea groups is 1. The number of hydrogen-bond donors (Lipinski definition) is 2. The van der Waals surface area contributed by atoms with E-state index in [0.29, 0.717) is 38.3 Å². The van der Waals surface area contributed by atoms with Crippen LogP contribution in [0, 0.1) is 11.3 Å². The van der Waals surface area contributed by atoms with Gasteiger partial charge in [0.15, 0.2) is 0 Å².